The normalized spacial score (nSPS) is 27.2. The third kappa shape index (κ3) is 4.72. The molecule has 4 aliphatic heterocycles. The monoisotopic (exact) mass is 574 g/mol. The van der Waals surface area contributed by atoms with Gasteiger partial charge in [0, 0.05) is 48.9 Å². The van der Waals surface area contributed by atoms with E-state index in [1.807, 2.05) is 51.1 Å². The molecule has 42 heavy (non-hydrogen) atoms. The van der Waals surface area contributed by atoms with Gasteiger partial charge in [-0.25, -0.2) is 9.18 Å². The molecule has 10 heteroatoms. The number of epoxide rings is 1. The molecule has 1 N–H and O–H groups in total. The third-order valence-corrected chi connectivity index (χ3v) is 8.83. The molecule has 0 saturated carbocycles. The van der Waals surface area contributed by atoms with Gasteiger partial charge in [0.2, 0.25) is 11.8 Å². The summed E-state index contributed by atoms with van der Waals surface area (Å²) >= 11 is 0. The second-order valence-corrected chi connectivity index (χ2v) is 11.3. The van der Waals surface area contributed by atoms with Gasteiger partial charge in [0.1, 0.15) is 23.6 Å². The maximum atomic E-state index is 16.1. The fourth-order valence-electron chi connectivity index (χ4n) is 6.63. The van der Waals surface area contributed by atoms with Crippen molar-refractivity contribution in [2.75, 3.05) is 31.1 Å². The summed E-state index contributed by atoms with van der Waals surface area (Å²) in [4.78, 5) is 44.1. The van der Waals surface area contributed by atoms with Crippen LogP contribution in [-0.4, -0.2) is 59.6 Å². The third-order valence-electron chi connectivity index (χ3n) is 8.83. The van der Waals surface area contributed by atoms with Gasteiger partial charge in [-0.2, -0.15) is 0 Å². The van der Waals surface area contributed by atoms with Crippen molar-refractivity contribution in [3.05, 3.63) is 71.2 Å². The summed E-state index contributed by atoms with van der Waals surface area (Å²) in [5.74, 6) is -1.55. The minimum atomic E-state index is -0.716. The van der Waals surface area contributed by atoms with Gasteiger partial charge < -0.3 is 9.47 Å². The van der Waals surface area contributed by atoms with E-state index in [-0.39, 0.29) is 30.1 Å². The standard InChI is InChI=1S/C30H29FN4O5.C2H6/c1-29-17-34(16-18-2-4-20(5-3-18)35-12-13-39-28(35)38)11-10-30(29,40-29)23-7-8-24-22(26(23)31)14-19(15-32-24)21-6-9-25(36)33-27(21)37;1-2/h2-5,7-8,14-15,21H,6,9-13,16-17H2,1H3,(H,33,36,37);1-2H3. The Bertz CT molecular complexity index is 1560. The fourth-order valence-corrected chi connectivity index (χ4v) is 6.63. The predicted octanol–water partition coefficient (Wildman–Crippen LogP) is 4.77. The molecule has 9 nitrogen and oxygen atoms in total. The lowest BCUT2D eigenvalue weighted by atomic mass is 9.80. The Morgan fingerprint density at radius 2 is 1.88 bits per heavy atom. The number of amides is 3. The molecule has 4 saturated heterocycles. The average molecular weight is 575 g/mol. The molecule has 0 radical (unpaired) electrons. The molecule has 3 amide bonds. The minimum absolute atomic E-state index is 0.250. The van der Waals surface area contributed by atoms with Crippen LogP contribution in [0.25, 0.3) is 10.9 Å². The molecular formula is C32H35FN4O5. The van der Waals surface area contributed by atoms with E-state index < -0.39 is 17.1 Å². The van der Waals surface area contributed by atoms with Crippen molar-refractivity contribution in [1.29, 1.82) is 0 Å². The van der Waals surface area contributed by atoms with Gasteiger partial charge >= 0.3 is 6.09 Å². The molecule has 0 spiro atoms. The number of likely N-dealkylation sites (tertiary alicyclic amines) is 1. The fraction of sp³-hybridized carbons (Fsp3) is 0.438. The number of pyridine rings is 1. The van der Waals surface area contributed by atoms with Crippen LogP contribution in [0, 0.1) is 5.82 Å². The number of nitrogens with one attached hydrogen (secondary N) is 1. The van der Waals surface area contributed by atoms with E-state index in [0.29, 0.717) is 54.6 Å². The highest BCUT2D eigenvalue weighted by Crippen LogP contribution is 2.61. The molecule has 5 heterocycles. The number of cyclic esters (lactones) is 1. The topological polar surface area (TPSA) is 104 Å². The van der Waals surface area contributed by atoms with Gasteiger partial charge in [-0.3, -0.25) is 29.7 Å². The number of nitrogens with zero attached hydrogens (tertiary/aromatic N) is 3. The zero-order chi connectivity index (χ0) is 29.6. The summed E-state index contributed by atoms with van der Waals surface area (Å²) in [5.41, 5.74) is 2.33. The number of carbonyl (C=O) groups excluding carboxylic acids is 3. The summed E-state index contributed by atoms with van der Waals surface area (Å²) in [7, 11) is 0. The van der Waals surface area contributed by atoms with Crippen LogP contribution in [0.15, 0.2) is 48.7 Å². The van der Waals surface area contributed by atoms with Gasteiger partial charge in [-0.05, 0) is 55.2 Å². The van der Waals surface area contributed by atoms with E-state index in [9.17, 15) is 14.4 Å². The van der Waals surface area contributed by atoms with Crippen molar-refractivity contribution in [3.63, 3.8) is 0 Å². The van der Waals surface area contributed by atoms with E-state index in [0.717, 1.165) is 24.3 Å². The summed E-state index contributed by atoms with van der Waals surface area (Å²) < 4.78 is 27.5. The average Bonchev–Trinajstić information content (AvgIpc) is 3.40. The lowest BCUT2D eigenvalue weighted by Gasteiger charge is -2.33. The van der Waals surface area contributed by atoms with Crippen molar-refractivity contribution >= 4 is 34.5 Å². The lowest BCUT2D eigenvalue weighted by molar-refractivity contribution is -0.134. The Morgan fingerprint density at radius 3 is 2.57 bits per heavy atom. The van der Waals surface area contributed by atoms with Crippen LogP contribution in [0.3, 0.4) is 0 Å². The summed E-state index contributed by atoms with van der Waals surface area (Å²) in [6.45, 7) is 9.11. The van der Waals surface area contributed by atoms with Gasteiger partial charge in [0.05, 0.1) is 18.0 Å². The maximum Gasteiger partial charge on any atom is 0.414 e. The van der Waals surface area contributed by atoms with Crippen molar-refractivity contribution in [3.8, 4) is 0 Å². The molecule has 4 fully saturated rings. The number of piperidine rings is 2. The smallest absolute Gasteiger partial charge is 0.414 e. The molecular weight excluding hydrogens is 539 g/mol. The molecule has 4 aliphatic rings. The number of rotatable bonds is 5. The summed E-state index contributed by atoms with van der Waals surface area (Å²) in [6.07, 6.45) is 2.56. The van der Waals surface area contributed by atoms with Crippen LogP contribution < -0.4 is 10.2 Å². The van der Waals surface area contributed by atoms with Crippen LogP contribution in [0.2, 0.25) is 0 Å². The highest BCUT2D eigenvalue weighted by Gasteiger charge is 2.70. The lowest BCUT2D eigenvalue weighted by Crippen LogP contribution is -2.44. The van der Waals surface area contributed by atoms with E-state index in [1.54, 1.807) is 23.2 Å². The minimum Gasteiger partial charge on any atom is -0.447 e. The number of hydrogen-bond donors (Lipinski definition) is 1. The first-order valence-electron chi connectivity index (χ1n) is 14.6. The molecule has 1 aromatic heterocycles. The zero-order valence-corrected chi connectivity index (χ0v) is 24.1. The Kier molecular flexibility index (Phi) is 7.22. The van der Waals surface area contributed by atoms with Crippen LogP contribution >= 0.6 is 0 Å². The molecule has 2 aromatic carbocycles. The van der Waals surface area contributed by atoms with E-state index in [1.165, 1.54) is 0 Å². The van der Waals surface area contributed by atoms with Crippen LogP contribution in [-0.2, 0) is 31.2 Å². The largest absolute Gasteiger partial charge is 0.447 e. The number of ether oxygens (including phenoxy) is 2. The molecule has 7 rings (SSSR count). The SMILES string of the molecule is CC.CC12CN(Cc3ccc(N4CCOC4=O)cc3)CCC1(c1ccc3ncc(C4CCC(=O)NC4=O)cc3c1F)O2. The van der Waals surface area contributed by atoms with Gasteiger partial charge in [0.15, 0.2) is 0 Å². The number of anilines is 1. The van der Waals surface area contributed by atoms with Crippen molar-refractivity contribution in [2.24, 2.45) is 0 Å². The van der Waals surface area contributed by atoms with Crippen molar-refractivity contribution in [2.45, 2.75) is 63.7 Å². The van der Waals surface area contributed by atoms with E-state index >= 15 is 4.39 Å². The Morgan fingerprint density at radius 1 is 1.10 bits per heavy atom. The van der Waals surface area contributed by atoms with Crippen LogP contribution in [0.1, 0.15) is 62.6 Å². The Labute approximate surface area is 244 Å². The number of imide groups is 1. The van der Waals surface area contributed by atoms with Gasteiger partial charge in [-0.15, -0.1) is 0 Å². The highest BCUT2D eigenvalue weighted by atomic mass is 19.1. The van der Waals surface area contributed by atoms with Gasteiger partial charge in [-0.1, -0.05) is 32.0 Å². The van der Waals surface area contributed by atoms with Crippen molar-refractivity contribution < 1.29 is 28.2 Å². The number of aromatic nitrogens is 1. The first-order chi connectivity index (χ1) is 20.3. The molecule has 0 aliphatic carbocycles. The second kappa shape index (κ2) is 10.7. The Hall–Kier alpha value is -3.89. The molecule has 3 atom stereocenters. The number of hydrogen-bond acceptors (Lipinski definition) is 7. The van der Waals surface area contributed by atoms with Crippen LogP contribution in [0.4, 0.5) is 14.9 Å². The highest BCUT2D eigenvalue weighted by molar-refractivity contribution is 6.01. The van der Waals surface area contributed by atoms with E-state index in [4.69, 9.17) is 9.47 Å². The van der Waals surface area contributed by atoms with Crippen molar-refractivity contribution in [1.82, 2.24) is 15.2 Å². The van der Waals surface area contributed by atoms with E-state index in [2.05, 4.69) is 15.2 Å². The Balaban J connectivity index is 0.00000155. The predicted molar refractivity (Wildman–Crippen MR) is 154 cm³/mol. The number of benzene rings is 2. The summed E-state index contributed by atoms with van der Waals surface area (Å²) in [5, 5.41) is 2.72. The second-order valence-electron chi connectivity index (χ2n) is 11.3. The first-order valence-corrected chi connectivity index (χ1v) is 14.6. The summed E-state index contributed by atoms with van der Waals surface area (Å²) in [6, 6.07) is 13.2. The molecule has 3 unspecified atom stereocenters. The molecule has 0 bridgehead atoms. The zero-order valence-electron chi connectivity index (χ0n) is 24.1. The van der Waals surface area contributed by atoms with Gasteiger partial charge in [0.25, 0.3) is 0 Å². The number of halogens is 1. The molecule has 3 aromatic rings. The maximum absolute atomic E-state index is 16.1. The quantitative estimate of drug-likeness (QED) is 0.346. The number of fused-ring (bicyclic) bond motifs is 2. The first kappa shape index (κ1) is 28.2. The van der Waals surface area contributed by atoms with Crippen LogP contribution in [0.5, 0.6) is 0 Å². The number of carbonyl (C=O) groups is 3. The molecule has 220 valence electrons.